The van der Waals surface area contributed by atoms with Gasteiger partial charge in [0.2, 0.25) is 0 Å². The maximum atomic E-state index is 6.33. The van der Waals surface area contributed by atoms with Crippen LogP contribution < -0.4 is 5.32 Å². The van der Waals surface area contributed by atoms with Crippen molar-refractivity contribution < 1.29 is 0 Å². The third-order valence-corrected chi connectivity index (χ3v) is 3.23. The molecule has 4 nitrogen and oxygen atoms in total. The van der Waals surface area contributed by atoms with Crippen molar-refractivity contribution in [2.75, 3.05) is 20.3 Å². The van der Waals surface area contributed by atoms with Crippen molar-refractivity contribution >= 4 is 17.4 Å². The van der Waals surface area contributed by atoms with E-state index in [1.54, 1.807) is 0 Å². The predicted molar refractivity (Wildman–Crippen MR) is 62.5 cm³/mol. The smallest absolute Gasteiger partial charge is 0.180 e. The monoisotopic (exact) mass is 228 g/mol. The van der Waals surface area contributed by atoms with Gasteiger partial charge in [0.25, 0.3) is 0 Å². The Bertz CT molecular complexity index is 300. The molecule has 15 heavy (non-hydrogen) atoms. The number of alkyl halides is 1. The lowest BCUT2D eigenvalue weighted by atomic mass is 10.2. The summed E-state index contributed by atoms with van der Waals surface area (Å²) in [6.07, 6.45) is 4.33. The predicted octanol–water partition coefficient (Wildman–Crippen LogP) is 1.36. The summed E-state index contributed by atoms with van der Waals surface area (Å²) in [5.41, 5.74) is 0.976. The van der Waals surface area contributed by atoms with Gasteiger partial charge in [0.1, 0.15) is 6.67 Å². The van der Waals surface area contributed by atoms with Crippen LogP contribution in [0.5, 0.6) is 0 Å². The van der Waals surface area contributed by atoms with E-state index in [4.69, 9.17) is 11.6 Å². The van der Waals surface area contributed by atoms with Crippen LogP contribution in [0.1, 0.15) is 19.8 Å². The molecule has 2 aliphatic heterocycles. The average Bonchev–Trinajstić information content (AvgIpc) is 2.66. The van der Waals surface area contributed by atoms with Crippen LogP contribution in [0.25, 0.3) is 0 Å². The van der Waals surface area contributed by atoms with Crippen molar-refractivity contribution in [2.24, 2.45) is 4.99 Å². The van der Waals surface area contributed by atoms with Crippen molar-refractivity contribution in [2.45, 2.75) is 25.4 Å². The molecule has 2 aliphatic rings. The molecule has 5 heteroatoms. The van der Waals surface area contributed by atoms with Gasteiger partial charge in [-0.3, -0.25) is 0 Å². The Morgan fingerprint density at radius 3 is 3.20 bits per heavy atom. The first kappa shape index (κ1) is 10.6. The first-order chi connectivity index (χ1) is 7.24. The van der Waals surface area contributed by atoms with Crippen molar-refractivity contribution in [3.8, 4) is 0 Å². The zero-order valence-electron chi connectivity index (χ0n) is 9.20. The average molecular weight is 229 g/mol. The van der Waals surface area contributed by atoms with E-state index in [0.29, 0.717) is 6.67 Å². The van der Waals surface area contributed by atoms with E-state index in [0.717, 1.165) is 24.5 Å². The third kappa shape index (κ3) is 1.91. The van der Waals surface area contributed by atoms with Gasteiger partial charge in [-0.15, -0.1) is 0 Å². The standard InChI is InChI=1S/C10H17ClN4/c1-3-4-5-15-9-8(12-7-13-9)6-14(2)10(15)11/h6,10,12H,3-5,7H2,1-2H3. The zero-order valence-corrected chi connectivity index (χ0v) is 9.96. The fourth-order valence-corrected chi connectivity index (χ4v) is 2.09. The van der Waals surface area contributed by atoms with E-state index in [-0.39, 0.29) is 5.62 Å². The number of aliphatic imine (C=N–C) groups is 1. The Hall–Kier alpha value is -0.900. The molecule has 0 fully saturated rings. The topological polar surface area (TPSA) is 30.9 Å². The molecule has 84 valence electrons. The second kappa shape index (κ2) is 4.31. The highest BCUT2D eigenvalue weighted by atomic mass is 35.5. The molecule has 0 aromatic carbocycles. The molecule has 0 aliphatic carbocycles. The quantitative estimate of drug-likeness (QED) is 0.585. The number of halogens is 1. The molecular formula is C10H17ClN4. The molecule has 0 radical (unpaired) electrons. The summed E-state index contributed by atoms with van der Waals surface area (Å²) < 4.78 is 0. The van der Waals surface area contributed by atoms with Crippen LogP contribution in [0.3, 0.4) is 0 Å². The van der Waals surface area contributed by atoms with Gasteiger partial charge in [-0.25, -0.2) is 4.99 Å². The molecule has 0 spiro atoms. The van der Waals surface area contributed by atoms with Crippen LogP contribution in [-0.4, -0.2) is 41.5 Å². The van der Waals surface area contributed by atoms with E-state index in [9.17, 15) is 0 Å². The normalized spacial score (nSPS) is 24.6. The highest BCUT2D eigenvalue weighted by Gasteiger charge is 2.31. The first-order valence-electron chi connectivity index (χ1n) is 5.37. The van der Waals surface area contributed by atoms with E-state index >= 15 is 0 Å². The number of fused-ring (bicyclic) bond motifs is 1. The zero-order chi connectivity index (χ0) is 10.8. The largest absolute Gasteiger partial charge is 0.362 e. The Kier molecular flexibility index (Phi) is 3.05. The summed E-state index contributed by atoms with van der Waals surface area (Å²) in [7, 11) is 1.99. The van der Waals surface area contributed by atoms with Crippen LogP contribution >= 0.6 is 11.6 Å². The lowest BCUT2D eigenvalue weighted by molar-refractivity contribution is 0.226. The Balaban J connectivity index is 2.17. The fraction of sp³-hybridized carbons (Fsp3) is 0.700. The minimum absolute atomic E-state index is 0.112. The number of unbranched alkanes of at least 4 members (excludes halogenated alkanes) is 1. The highest BCUT2D eigenvalue weighted by Crippen LogP contribution is 2.22. The van der Waals surface area contributed by atoms with Crippen LogP contribution in [0, 0.1) is 0 Å². The van der Waals surface area contributed by atoms with Gasteiger partial charge in [0.15, 0.2) is 11.5 Å². The van der Waals surface area contributed by atoms with E-state index < -0.39 is 0 Å². The lowest BCUT2D eigenvalue weighted by Gasteiger charge is -2.38. The second-order valence-electron chi connectivity index (χ2n) is 3.88. The van der Waals surface area contributed by atoms with Gasteiger partial charge < -0.3 is 15.1 Å². The molecule has 1 N–H and O–H groups in total. The Morgan fingerprint density at radius 2 is 2.47 bits per heavy atom. The third-order valence-electron chi connectivity index (χ3n) is 2.69. The van der Waals surface area contributed by atoms with E-state index in [1.165, 1.54) is 6.42 Å². The van der Waals surface area contributed by atoms with Gasteiger partial charge in [-0.05, 0) is 6.42 Å². The Labute approximate surface area is 95.6 Å². The van der Waals surface area contributed by atoms with Crippen molar-refractivity contribution in [1.29, 1.82) is 0 Å². The minimum atomic E-state index is -0.112. The number of amidine groups is 1. The van der Waals surface area contributed by atoms with Crippen LogP contribution in [-0.2, 0) is 0 Å². The second-order valence-corrected chi connectivity index (χ2v) is 4.27. The van der Waals surface area contributed by atoms with Crippen molar-refractivity contribution in [3.05, 3.63) is 11.9 Å². The number of nitrogens with zero attached hydrogens (tertiary/aromatic N) is 3. The molecule has 1 unspecified atom stereocenters. The summed E-state index contributed by atoms with van der Waals surface area (Å²) in [6.45, 7) is 3.82. The van der Waals surface area contributed by atoms with Gasteiger partial charge in [0, 0.05) is 19.8 Å². The maximum Gasteiger partial charge on any atom is 0.180 e. The van der Waals surface area contributed by atoms with Gasteiger partial charge in [0.05, 0.1) is 5.70 Å². The minimum Gasteiger partial charge on any atom is -0.362 e. The molecule has 0 saturated heterocycles. The fourth-order valence-electron chi connectivity index (χ4n) is 1.84. The van der Waals surface area contributed by atoms with Crippen molar-refractivity contribution in [1.82, 2.24) is 15.1 Å². The summed E-state index contributed by atoms with van der Waals surface area (Å²) in [5.74, 6) is 1.02. The summed E-state index contributed by atoms with van der Waals surface area (Å²) in [6, 6.07) is 0. The van der Waals surface area contributed by atoms with Gasteiger partial charge in [-0.2, -0.15) is 0 Å². The Morgan fingerprint density at radius 1 is 1.67 bits per heavy atom. The van der Waals surface area contributed by atoms with Crippen LogP contribution in [0.4, 0.5) is 0 Å². The summed E-state index contributed by atoms with van der Waals surface area (Å²) in [4.78, 5) is 8.59. The van der Waals surface area contributed by atoms with Crippen LogP contribution in [0.15, 0.2) is 16.9 Å². The molecule has 0 bridgehead atoms. The number of hydrogen-bond acceptors (Lipinski definition) is 4. The van der Waals surface area contributed by atoms with Gasteiger partial charge in [-0.1, -0.05) is 24.9 Å². The van der Waals surface area contributed by atoms with E-state index in [1.807, 2.05) is 18.1 Å². The van der Waals surface area contributed by atoms with Crippen molar-refractivity contribution in [3.63, 3.8) is 0 Å². The number of nitrogens with one attached hydrogen (secondary N) is 1. The summed E-state index contributed by atoms with van der Waals surface area (Å²) in [5, 5.41) is 3.23. The first-order valence-corrected chi connectivity index (χ1v) is 5.81. The molecular weight excluding hydrogens is 212 g/mol. The number of rotatable bonds is 3. The molecule has 0 amide bonds. The maximum absolute atomic E-state index is 6.33. The lowest BCUT2D eigenvalue weighted by Crippen LogP contribution is -2.49. The molecule has 0 aromatic rings. The molecule has 2 rings (SSSR count). The summed E-state index contributed by atoms with van der Waals surface area (Å²) >= 11 is 6.33. The molecule has 2 heterocycles. The highest BCUT2D eigenvalue weighted by molar-refractivity contribution is 6.22. The molecule has 0 aromatic heterocycles. The molecule has 1 atom stereocenters. The SMILES string of the molecule is CCCCN1C2=NCNC2=CN(C)C1Cl. The van der Waals surface area contributed by atoms with Crippen LogP contribution in [0.2, 0.25) is 0 Å². The van der Waals surface area contributed by atoms with Gasteiger partial charge >= 0.3 is 0 Å². The number of hydrogen-bond donors (Lipinski definition) is 1. The van der Waals surface area contributed by atoms with E-state index in [2.05, 4.69) is 22.1 Å². The molecule has 0 saturated carbocycles.